The number of aromatic nitrogens is 2. The van der Waals surface area contributed by atoms with Crippen LogP contribution < -0.4 is 11.2 Å². The van der Waals surface area contributed by atoms with E-state index in [1.165, 1.54) is 17.4 Å². The van der Waals surface area contributed by atoms with Crippen molar-refractivity contribution in [3.05, 3.63) is 31.6 Å². The molecule has 1 aromatic rings. The largest absolute Gasteiger partial charge is 0.329 e. The Balaban J connectivity index is 2.66. The molecule has 0 aliphatic carbocycles. The summed E-state index contributed by atoms with van der Waals surface area (Å²) in [5.41, 5.74) is -0.159. The van der Waals surface area contributed by atoms with Crippen LogP contribution in [-0.4, -0.2) is 9.55 Å². The molecule has 0 fully saturated rings. The van der Waals surface area contributed by atoms with Crippen LogP contribution in [0.25, 0.3) is 0 Å². The lowest BCUT2D eigenvalue weighted by Gasteiger charge is -2.11. The Hall–Kier alpha value is -1.03. The molecule has 0 aliphatic heterocycles. The van der Waals surface area contributed by atoms with Crippen molar-refractivity contribution in [3.63, 3.8) is 0 Å². The summed E-state index contributed by atoms with van der Waals surface area (Å²) in [5, 5.41) is 0.174. The van der Waals surface area contributed by atoms with E-state index in [0.717, 1.165) is 25.2 Å². The first-order valence-electron chi connectivity index (χ1n) is 7.87. The highest BCUT2D eigenvalue weighted by Crippen LogP contribution is 2.16. The lowest BCUT2D eigenvalue weighted by Crippen LogP contribution is -2.37. The topological polar surface area (TPSA) is 54.9 Å². The quantitative estimate of drug-likeness (QED) is 0.584. The van der Waals surface area contributed by atoms with E-state index in [1.54, 1.807) is 0 Å². The standard InChI is InChI=1S/C16H27ClN2O2/c1-11(2)9-7-5-6-8-10-19-15(20)13(12(3)4)14(17)18-16(19)21/h11-12H,5-10H2,1-4H3,(H,18,21). The zero-order chi connectivity index (χ0) is 16.0. The van der Waals surface area contributed by atoms with Gasteiger partial charge in [0.2, 0.25) is 0 Å². The Morgan fingerprint density at radius 2 is 1.67 bits per heavy atom. The van der Waals surface area contributed by atoms with Gasteiger partial charge in [0.05, 0.1) is 5.56 Å². The lowest BCUT2D eigenvalue weighted by molar-refractivity contribution is 0.496. The van der Waals surface area contributed by atoms with E-state index in [4.69, 9.17) is 11.6 Å². The Kier molecular flexibility index (Phi) is 7.23. The number of halogens is 1. The highest BCUT2D eigenvalue weighted by atomic mass is 35.5. The zero-order valence-electron chi connectivity index (χ0n) is 13.5. The SMILES string of the molecule is CC(C)CCCCCCn1c(=O)[nH]c(Cl)c(C(C)C)c1=O. The van der Waals surface area contributed by atoms with Crippen molar-refractivity contribution in [2.45, 2.75) is 72.3 Å². The van der Waals surface area contributed by atoms with Crippen molar-refractivity contribution in [3.8, 4) is 0 Å². The molecule has 0 saturated heterocycles. The summed E-state index contributed by atoms with van der Waals surface area (Å²) in [6.07, 6.45) is 5.48. The molecule has 0 spiro atoms. The third-order valence-corrected chi connectivity index (χ3v) is 3.96. The van der Waals surface area contributed by atoms with Crippen LogP contribution in [0.5, 0.6) is 0 Å². The van der Waals surface area contributed by atoms with Crippen molar-refractivity contribution < 1.29 is 0 Å². The predicted molar refractivity (Wildman–Crippen MR) is 88.3 cm³/mol. The van der Waals surface area contributed by atoms with Crippen LogP contribution in [0, 0.1) is 5.92 Å². The number of nitrogens with zero attached hydrogens (tertiary/aromatic N) is 1. The first-order valence-corrected chi connectivity index (χ1v) is 8.24. The minimum atomic E-state index is -0.406. The van der Waals surface area contributed by atoms with E-state index < -0.39 is 5.69 Å². The van der Waals surface area contributed by atoms with Crippen LogP contribution >= 0.6 is 11.6 Å². The van der Waals surface area contributed by atoms with E-state index in [2.05, 4.69) is 18.8 Å². The molecule has 1 N–H and O–H groups in total. The highest BCUT2D eigenvalue weighted by molar-refractivity contribution is 6.30. The Morgan fingerprint density at radius 1 is 1.05 bits per heavy atom. The summed E-state index contributed by atoms with van der Waals surface area (Å²) >= 11 is 5.97. The van der Waals surface area contributed by atoms with Gasteiger partial charge in [0.1, 0.15) is 5.15 Å². The second-order valence-electron chi connectivity index (χ2n) is 6.37. The summed E-state index contributed by atoms with van der Waals surface area (Å²) in [6.45, 7) is 8.71. The number of H-pyrrole nitrogens is 1. The minimum absolute atomic E-state index is 0.000795. The van der Waals surface area contributed by atoms with Gasteiger partial charge in [0, 0.05) is 6.54 Å². The Morgan fingerprint density at radius 3 is 2.24 bits per heavy atom. The minimum Gasteiger partial charge on any atom is -0.297 e. The van der Waals surface area contributed by atoms with Crippen molar-refractivity contribution in [2.24, 2.45) is 5.92 Å². The van der Waals surface area contributed by atoms with Gasteiger partial charge >= 0.3 is 5.69 Å². The van der Waals surface area contributed by atoms with Crippen LogP contribution in [0.1, 0.15) is 71.3 Å². The van der Waals surface area contributed by atoms with Gasteiger partial charge in [-0.3, -0.25) is 14.3 Å². The number of nitrogens with one attached hydrogen (secondary N) is 1. The lowest BCUT2D eigenvalue weighted by atomic mass is 10.0. The molecule has 5 heteroatoms. The predicted octanol–water partition coefficient (Wildman–Crippen LogP) is 3.92. The summed E-state index contributed by atoms with van der Waals surface area (Å²) in [7, 11) is 0. The van der Waals surface area contributed by atoms with Crippen molar-refractivity contribution in [1.29, 1.82) is 0 Å². The normalized spacial score (nSPS) is 11.6. The van der Waals surface area contributed by atoms with Gasteiger partial charge in [-0.2, -0.15) is 0 Å². The second kappa shape index (κ2) is 8.42. The summed E-state index contributed by atoms with van der Waals surface area (Å²) in [4.78, 5) is 26.8. The Bertz CT molecular complexity index is 558. The summed E-state index contributed by atoms with van der Waals surface area (Å²) in [6, 6.07) is 0. The molecular formula is C16H27ClN2O2. The average molecular weight is 315 g/mol. The molecule has 120 valence electrons. The van der Waals surface area contributed by atoms with Crippen molar-refractivity contribution in [2.75, 3.05) is 0 Å². The number of hydrogen-bond donors (Lipinski definition) is 1. The zero-order valence-corrected chi connectivity index (χ0v) is 14.3. The van der Waals surface area contributed by atoms with Gasteiger partial charge < -0.3 is 0 Å². The maximum atomic E-state index is 12.3. The molecular weight excluding hydrogens is 288 g/mol. The molecule has 0 unspecified atom stereocenters. The molecule has 1 aromatic heterocycles. The van der Waals surface area contributed by atoms with Gasteiger partial charge in [-0.25, -0.2) is 4.79 Å². The van der Waals surface area contributed by atoms with Gasteiger partial charge in [0.15, 0.2) is 0 Å². The molecule has 1 rings (SSSR count). The highest BCUT2D eigenvalue weighted by Gasteiger charge is 2.15. The van der Waals surface area contributed by atoms with E-state index in [-0.39, 0.29) is 16.6 Å². The van der Waals surface area contributed by atoms with Crippen LogP contribution in [-0.2, 0) is 6.54 Å². The van der Waals surface area contributed by atoms with Crippen LogP contribution in [0.3, 0.4) is 0 Å². The molecule has 0 amide bonds. The third kappa shape index (κ3) is 5.34. The van der Waals surface area contributed by atoms with Gasteiger partial charge in [0.25, 0.3) is 5.56 Å². The Labute approximate surface area is 131 Å². The number of aromatic amines is 1. The van der Waals surface area contributed by atoms with Gasteiger partial charge in [-0.05, 0) is 18.3 Å². The first kappa shape index (κ1) is 18.0. The van der Waals surface area contributed by atoms with Crippen molar-refractivity contribution >= 4 is 11.6 Å². The maximum absolute atomic E-state index is 12.3. The summed E-state index contributed by atoms with van der Waals surface area (Å²) < 4.78 is 1.28. The van der Waals surface area contributed by atoms with E-state index in [9.17, 15) is 9.59 Å². The van der Waals surface area contributed by atoms with Crippen LogP contribution in [0.15, 0.2) is 9.59 Å². The number of unbranched alkanes of at least 4 members (excludes halogenated alkanes) is 3. The molecule has 0 aromatic carbocycles. The number of rotatable bonds is 8. The molecule has 0 bridgehead atoms. The fourth-order valence-corrected chi connectivity index (χ4v) is 2.82. The summed E-state index contributed by atoms with van der Waals surface area (Å²) in [5.74, 6) is 0.736. The third-order valence-electron chi connectivity index (χ3n) is 3.66. The molecule has 0 aliphatic rings. The van der Waals surface area contributed by atoms with E-state index in [0.29, 0.717) is 12.1 Å². The molecule has 0 atom stereocenters. The molecule has 0 saturated carbocycles. The molecule has 4 nitrogen and oxygen atoms in total. The van der Waals surface area contributed by atoms with Gasteiger partial charge in [-0.15, -0.1) is 0 Å². The van der Waals surface area contributed by atoms with Crippen molar-refractivity contribution in [1.82, 2.24) is 9.55 Å². The fraction of sp³-hybridized carbons (Fsp3) is 0.750. The van der Waals surface area contributed by atoms with Crippen LogP contribution in [0.4, 0.5) is 0 Å². The molecule has 1 heterocycles. The second-order valence-corrected chi connectivity index (χ2v) is 6.74. The molecule has 21 heavy (non-hydrogen) atoms. The van der Waals surface area contributed by atoms with E-state index in [1.807, 2.05) is 13.8 Å². The number of hydrogen-bond acceptors (Lipinski definition) is 2. The van der Waals surface area contributed by atoms with Gasteiger partial charge in [-0.1, -0.05) is 65.0 Å². The maximum Gasteiger partial charge on any atom is 0.329 e. The molecule has 0 radical (unpaired) electrons. The monoisotopic (exact) mass is 314 g/mol. The average Bonchev–Trinajstić information content (AvgIpc) is 2.35. The fourth-order valence-electron chi connectivity index (χ4n) is 2.44. The first-order chi connectivity index (χ1) is 9.84. The van der Waals surface area contributed by atoms with E-state index >= 15 is 0 Å². The van der Waals surface area contributed by atoms with Crippen LogP contribution in [0.2, 0.25) is 5.15 Å². The smallest absolute Gasteiger partial charge is 0.297 e.